The van der Waals surface area contributed by atoms with Gasteiger partial charge in [-0.15, -0.1) is 0 Å². The second-order valence-electron chi connectivity index (χ2n) is 4.90. The number of benzene rings is 2. The molecule has 4 N–H and O–H groups in total. The molecule has 0 amide bonds. The van der Waals surface area contributed by atoms with Gasteiger partial charge in [-0.25, -0.2) is 4.39 Å². The first kappa shape index (κ1) is 17.8. The summed E-state index contributed by atoms with van der Waals surface area (Å²) in [5, 5.41) is 0. The number of para-hydroxylation sites is 1. The van der Waals surface area contributed by atoms with Crippen LogP contribution in [-0.2, 0) is 5.67 Å². The molecule has 1 unspecified atom stereocenters. The molecule has 0 bridgehead atoms. The Morgan fingerprint density at radius 1 is 0.750 bits per heavy atom. The summed E-state index contributed by atoms with van der Waals surface area (Å²) in [4.78, 5) is 0. The van der Waals surface area contributed by atoms with E-state index < -0.39 is 35.0 Å². The van der Waals surface area contributed by atoms with Crippen LogP contribution < -0.4 is 16.2 Å². The topological polar surface area (TPSA) is 61.3 Å². The smallest absolute Gasteiger partial charge is 0.427 e. The van der Waals surface area contributed by atoms with E-state index in [2.05, 4.69) is 4.74 Å². The molecule has 0 spiro atoms. The van der Waals surface area contributed by atoms with Crippen molar-refractivity contribution in [2.24, 2.45) is 0 Å². The number of anilines is 2. The average Bonchev–Trinajstić information content (AvgIpc) is 2.50. The Balaban J connectivity index is 2.55. The van der Waals surface area contributed by atoms with Gasteiger partial charge < -0.3 is 16.2 Å². The van der Waals surface area contributed by atoms with Crippen molar-refractivity contribution in [2.45, 2.75) is 18.0 Å². The van der Waals surface area contributed by atoms with Crippen LogP contribution in [0, 0.1) is 0 Å². The Hall–Kier alpha value is -2.58. The van der Waals surface area contributed by atoms with Gasteiger partial charge in [-0.05, 0) is 12.1 Å². The van der Waals surface area contributed by atoms with Gasteiger partial charge in [-0.2, -0.15) is 22.0 Å². The van der Waals surface area contributed by atoms with Crippen molar-refractivity contribution in [3.05, 3.63) is 54.1 Å². The van der Waals surface area contributed by atoms with E-state index in [9.17, 15) is 26.3 Å². The summed E-state index contributed by atoms with van der Waals surface area (Å²) in [5.74, 6) is -0.859. The lowest BCUT2D eigenvalue weighted by molar-refractivity contribution is -0.364. The summed E-state index contributed by atoms with van der Waals surface area (Å²) in [6.07, 6.45) is -11.2. The minimum Gasteiger partial charge on any atom is -0.427 e. The summed E-state index contributed by atoms with van der Waals surface area (Å²) in [7, 11) is 0. The molecular weight excluding hydrogens is 338 g/mol. The van der Waals surface area contributed by atoms with Crippen LogP contribution >= 0.6 is 0 Å². The lowest BCUT2D eigenvalue weighted by Gasteiger charge is -2.34. The zero-order valence-corrected chi connectivity index (χ0v) is 11.9. The molecule has 130 valence electrons. The SMILES string of the molecule is Nc1cccc(OC(F)(F)C(F)(c2ccccc2)C(F)(F)F)c1N. The molecule has 2 aromatic carbocycles. The fourth-order valence-corrected chi connectivity index (χ4v) is 2.02. The summed E-state index contributed by atoms with van der Waals surface area (Å²) in [5.41, 5.74) is 3.67. The zero-order valence-electron chi connectivity index (χ0n) is 11.9. The largest absolute Gasteiger partial charge is 0.446 e. The molecule has 0 radical (unpaired) electrons. The van der Waals surface area contributed by atoms with Crippen LogP contribution in [0.25, 0.3) is 0 Å². The molecule has 1 atom stereocenters. The van der Waals surface area contributed by atoms with Crippen LogP contribution in [0.5, 0.6) is 5.75 Å². The first-order valence-electron chi connectivity index (χ1n) is 6.52. The number of alkyl halides is 6. The van der Waals surface area contributed by atoms with Gasteiger partial charge in [0.2, 0.25) is 0 Å². The van der Waals surface area contributed by atoms with Crippen LogP contribution in [0.15, 0.2) is 48.5 Å². The first-order chi connectivity index (χ1) is 11.0. The highest BCUT2D eigenvalue weighted by Gasteiger charge is 2.74. The highest BCUT2D eigenvalue weighted by Crippen LogP contribution is 2.53. The van der Waals surface area contributed by atoms with Crippen molar-refractivity contribution in [3.8, 4) is 5.75 Å². The summed E-state index contributed by atoms with van der Waals surface area (Å²) < 4.78 is 86.7. The van der Waals surface area contributed by atoms with Crippen LogP contribution in [0.2, 0.25) is 0 Å². The Morgan fingerprint density at radius 3 is 1.88 bits per heavy atom. The van der Waals surface area contributed by atoms with E-state index in [1.54, 1.807) is 0 Å². The molecule has 2 aromatic rings. The molecule has 0 saturated heterocycles. The number of nitrogens with two attached hydrogens (primary N) is 2. The monoisotopic (exact) mass is 350 g/mol. The van der Waals surface area contributed by atoms with Crippen LogP contribution in [0.4, 0.5) is 37.7 Å². The van der Waals surface area contributed by atoms with Gasteiger partial charge in [0, 0.05) is 5.56 Å². The molecule has 0 aromatic heterocycles. The molecular formula is C15H12F6N2O. The Labute approximate surface area is 132 Å². The number of hydrogen-bond acceptors (Lipinski definition) is 3. The number of halogens is 6. The normalized spacial score (nSPS) is 14.9. The minimum atomic E-state index is -5.95. The van der Waals surface area contributed by atoms with E-state index in [-0.39, 0.29) is 5.69 Å². The highest BCUT2D eigenvalue weighted by atomic mass is 19.4. The van der Waals surface area contributed by atoms with Gasteiger partial charge in [0.15, 0.2) is 5.75 Å². The molecule has 0 aliphatic heterocycles. The quantitative estimate of drug-likeness (QED) is 0.640. The van der Waals surface area contributed by atoms with Gasteiger partial charge in [-0.1, -0.05) is 36.4 Å². The fraction of sp³-hybridized carbons (Fsp3) is 0.200. The molecule has 0 fully saturated rings. The molecule has 0 saturated carbocycles. The Kier molecular flexibility index (Phi) is 4.30. The molecule has 9 heteroatoms. The molecule has 0 aliphatic rings. The maximum Gasteiger partial charge on any atom is 0.446 e. The summed E-state index contributed by atoms with van der Waals surface area (Å²) in [6.45, 7) is 0. The van der Waals surface area contributed by atoms with Crippen molar-refractivity contribution >= 4 is 11.4 Å². The van der Waals surface area contributed by atoms with E-state index in [1.165, 1.54) is 12.1 Å². The number of hydrogen-bond donors (Lipinski definition) is 2. The number of ether oxygens (including phenoxy) is 1. The Bertz CT molecular complexity index is 720. The third kappa shape index (κ3) is 2.81. The van der Waals surface area contributed by atoms with E-state index >= 15 is 0 Å². The number of rotatable bonds is 4. The fourth-order valence-electron chi connectivity index (χ4n) is 2.02. The van der Waals surface area contributed by atoms with Gasteiger partial charge in [0.25, 0.3) is 0 Å². The summed E-state index contributed by atoms with van der Waals surface area (Å²) in [6, 6.07) is 7.66. The zero-order chi connectivity index (χ0) is 18.2. The van der Waals surface area contributed by atoms with Crippen LogP contribution in [0.1, 0.15) is 5.56 Å². The lowest BCUT2D eigenvalue weighted by Crippen LogP contribution is -2.55. The van der Waals surface area contributed by atoms with E-state index in [1.807, 2.05) is 0 Å². The third-order valence-corrected chi connectivity index (χ3v) is 3.30. The average molecular weight is 350 g/mol. The molecule has 0 heterocycles. The Morgan fingerprint density at radius 2 is 1.33 bits per heavy atom. The van der Waals surface area contributed by atoms with E-state index in [0.717, 1.165) is 24.3 Å². The molecule has 0 aliphatic carbocycles. The van der Waals surface area contributed by atoms with Crippen molar-refractivity contribution in [1.29, 1.82) is 0 Å². The second kappa shape index (κ2) is 5.81. The second-order valence-corrected chi connectivity index (χ2v) is 4.90. The minimum absolute atomic E-state index is 0.195. The maximum absolute atomic E-state index is 14.7. The molecule has 24 heavy (non-hydrogen) atoms. The first-order valence-corrected chi connectivity index (χ1v) is 6.52. The predicted molar refractivity (Wildman–Crippen MR) is 76.1 cm³/mol. The highest BCUT2D eigenvalue weighted by molar-refractivity contribution is 5.70. The standard InChI is InChI=1S/C15H12F6N2O/c16-13(14(17,18)19,9-5-2-1-3-6-9)15(20,21)24-11-8-4-7-10(22)12(11)23/h1-8H,22-23H2. The molecule has 3 nitrogen and oxygen atoms in total. The van der Waals surface area contributed by atoms with Crippen molar-refractivity contribution in [1.82, 2.24) is 0 Å². The van der Waals surface area contributed by atoms with Gasteiger partial charge in [-0.3, -0.25) is 0 Å². The molecule has 2 rings (SSSR count). The van der Waals surface area contributed by atoms with Crippen molar-refractivity contribution in [3.63, 3.8) is 0 Å². The van der Waals surface area contributed by atoms with E-state index in [4.69, 9.17) is 11.5 Å². The van der Waals surface area contributed by atoms with Gasteiger partial charge in [0.05, 0.1) is 11.4 Å². The maximum atomic E-state index is 14.7. The van der Waals surface area contributed by atoms with Crippen molar-refractivity contribution in [2.75, 3.05) is 11.5 Å². The predicted octanol–water partition coefficient (Wildman–Crippen LogP) is 4.25. The lowest BCUT2D eigenvalue weighted by atomic mass is 9.93. The van der Waals surface area contributed by atoms with Crippen molar-refractivity contribution < 1.29 is 31.1 Å². The number of nitrogen functional groups attached to an aromatic ring is 2. The van der Waals surface area contributed by atoms with Gasteiger partial charge >= 0.3 is 18.0 Å². The third-order valence-electron chi connectivity index (χ3n) is 3.30. The van der Waals surface area contributed by atoms with E-state index in [0.29, 0.717) is 12.1 Å². The summed E-state index contributed by atoms with van der Waals surface area (Å²) >= 11 is 0. The van der Waals surface area contributed by atoms with Gasteiger partial charge in [0.1, 0.15) is 0 Å². The van der Waals surface area contributed by atoms with Crippen LogP contribution in [0.3, 0.4) is 0 Å². The van der Waals surface area contributed by atoms with Crippen LogP contribution in [-0.4, -0.2) is 12.3 Å².